The fourth-order valence-corrected chi connectivity index (χ4v) is 2.05. The third-order valence-electron chi connectivity index (χ3n) is 3.25. The first-order chi connectivity index (χ1) is 10.8. The number of nitrogens with zero attached hydrogens (tertiary/aromatic N) is 1. The minimum absolute atomic E-state index is 0.158. The fourth-order valence-electron chi connectivity index (χ4n) is 2.05. The lowest BCUT2D eigenvalue weighted by atomic mass is 10.1. The van der Waals surface area contributed by atoms with Crippen molar-refractivity contribution in [3.05, 3.63) is 17.7 Å². The van der Waals surface area contributed by atoms with Gasteiger partial charge < -0.3 is 19.1 Å². The van der Waals surface area contributed by atoms with Crippen LogP contribution in [0.5, 0.6) is 17.2 Å². The van der Waals surface area contributed by atoms with Crippen LogP contribution in [-0.4, -0.2) is 51.4 Å². The Morgan fingerprint density at radius 2 is 1.61 bits per heavy atom. The quantitative estimate of drug-likeness (QED) is 0.768. The molecule has 130 valence electrons. The molecule has 5 nitrogen and oxygen atoms in total. The SMILES string of the molecule is CCN(CCC(F)(F)F)C(=O)c1cc(OC)c(OC)c(OC)c1. The predicted molar refractivity (Wildman–Crippen MR) is 78.3 cm³/mol. The Labute approximate surface area is 132 Å². The van der Waals surface area contributed by atoms with E-state index in [-0.39, 0.29) is 23.6 Å². The normalized spacial score (nSPS) is 11.1. The Bertz CT molecular complexity index is 521. The molecule has 0 atom stereocenters. The van der Waals surface area contributed by atoms with Crippen molar-refractivity contribution < 1.29 is 32.2 Å². The number of carbonyl (C=O) groups is 1. The van der Waals surface area contributed by atoms with Crippen LogP contribution >= 0.6 is 0 Å². The molecule has 0 unspecified atom stereocenters. The van der Waals surface area contributed by atoms with Gasteiger partial charge in [0.05, 0.1) is 27.8 Å². The summed E-state index contributed by atoms with van der Waals surface area (Å²) < 4.78 is 52.5. The Morgan fingerprint density at radius 3 is 1.96 bits per heavy atom. The molecule has 0 aromatic heterocycles. The molecule has 0 spiro atoms. The zero-order valence-electron chi connectivity index (χ0n) is 13.5. The van der Waals surface area contributed by atoms with Gasteiger partial charge in [0.25, 0.3) is 5.91 Å². The summed E-state index contributed by atoms with van der Waals surface area (Å²) in [6.07, 6.45) is -5.38. The average Bonchev–Trinajstić information content (AvgIpc) is 2.52. The molecule has 1 amide bonds. The summed E-state index contributed by atoms with van der Waals surface area (Å²) in [6.45, 7) is 1.37. The van der Waals surface area contributed by atoms with Gasteiger partial charge in [0.2, 0.25) is 5.75 Å². The number of amides is 1. The van der Waals surface area contributed by atoms with Crippen molar-refractivity contribution in [2.75, 3.05) is 34.4 Å². The van der Waals surface area contributed by atoms with Crippen LogP contribution < -0.4 is 14.2 Å². The van der Waals surface area contributed by atoms with Gasteiger partial charge in [0.1, 0.15) is 0 Å². The monoisotopic (exact) mass is 335 g/mol. The van der Waals surface area contributed by atoms with E-state index in [0.29, 0.717) is 5.75 Å². The number of carbonyl (C=O) groups excluding carboxylic acids is 1. The maximum Gasteiger partial charge on any atom is 0.390 e. The third kappa shape index (κ3) is 4.94. The van der Waals surface area contributed by atoms with Gasteiger partial charge in [-0.15, -0.1) is 0 Å². The van der Waals surface area contributed by atoms with Gasteiger partial charge in [-0.1, -0.05) is 0 Å². The summed E-state index contributed by atoms with van der Waals surface area (Å²) in [4.78, 5) is 13.6. The molecular formula is C15H20F3NO4. The van der Waals surface area contributed by atoms with Crippen molar-refractivity contribution in [3.8, 4) is 17.2 Å². The van der Waals surface area contributed by atoms with Crippen molar-refractivity contribution in [2.24, 2.45) is 0 Å². The summed E-state index contributed by atoms with van der Waals surface area (Å²) in [5.41, 5.74) is 0.170. The lowest BCUT2D eigenvalue weighted by molar-refractivity contribution is -0.136. The van der Waals surface area contributed by atoms with E-state index >= 15 is 0 Å². The Kier molecular flexibility index (Phi) is 6.53. The number of methoxy groups -OCH3 is 3. The highest BCUT2D eigenvalue weighted by Gasteiger charge is 2.29. The molecule has 1 rings (SSSR count). The molecule has 1 aromatic rings. The number of benzene rings is 1. The zero-order chi connectivity index (χ0) is 17.6. The number of ether oxygens (including phenoxy) is 3. The van der Waals surface area contributed by atoms with Gasteiger partial charge >= 0.3 is 6.18 Å². The molecule has 0 saturated heterocycles. The van der Waals surface area contributed by atoms with Crippen LogP contribution in [0.1, 0.15) is 23.7 Å². The van der Waals surface area contributed by atoms with Crippen molar-refractivity contribution >= 4 is 5.91 Å². The molecule has 8 heteroatoms. The number of alkyl halides is 3. The number of rotatable bonds is 7. The van der Waals surface area contributed by atoms with E-state index in [1.165, 1.54) is 33.5 Å². The van der Waals surface area contributed by atoms with Gasteiger partial charge in [0.15, 0.2) is 11.5 Å². The molecule has 0 aliphatic heterocycles. The molecule has 0 heterocycles. The highest BCUT2D eigenvalue weighted by molar-refractivity contribution is 5.95. The molecule has 23 heavy (non-hydrogen) atoms. The van der Waals surface area contributed by atoms with E-state index in [9.17, 15) is 18.0 Å². The van der Waals surface area contributed by atoms with Crippen LogP contribution in [0.4, 0.5) is 13.2 Å². The summed E-state index contributed by atoms with van der Waals surface area (Å²) in [7, 11) is 4.21. The molecule has 0 aliphatic rings. The molecule has 1 aromatic carbocycles. The Morgan fingerprint density at radius 1 is 1.09 bits per heavy atom. The molecule has 0 fully saturated rings. The van der Waals surface area contributed by atoms with Gasteiger partial charge in [-0.25, -0.2) is 0 Å². The molecule has 0 N–H and O–H groups in total. The van der Waals surface area contributed by atoms with E-state index in [0.717, 1.165) is 4.90 Å². The minimum Gasteiger partial charge on any atom is -0.493 e. The lowest BCUT2D eigenvalue weighted by Crippen LogP contribution is -2.34. The minimum atomic E-state index is -4.32. The molecule has 0 radical (unpaired) electrons. The van der Waals surface area contributed by atoms with Crippen LogP contribution in [0.2, 0.25) is 0 Å². The standard InChI is InChI=1S/C15H20F3NO4/c1-5-19(7-6-15(16,17)18)14(20)10-8-11(21-2)13(23-4)12(9-10)22-3/h8-9H,5-7H2,1-4H3. The van der Waals surface area contributed by atoms with Crippen LogP contribution in [0, 0.1) is 0 Å². The summed E-state index contributed by atoms with van der Waals surface area (Å²) in [6, 6.07) is 2.83. The predicted octanol–water partition coefficient (Wildman–Crippen LogP) is 3.13. The van der Waals surface area contributed by atoms with Crippen LogP contribution in [0.15, 0.2) is 12.1 Å². The number of halogens is 3. The average molecular weight is 335 g/mol. The molecule has 0 saturated carbocycles. The highest BCUT2D eigenvalue weighted by Crippen LogP contribution is 2.38. The maximum atomic E-state index is 12.4. The fraction of sp³-hybridized carbons (Fsp3) is 0.533. The summed E-state index contributed by atoms with van der Waals surface area (Å²) in [5, 5.41) is 0. The maximum absolute atomic E-state index is 12.4. The lowest BCUT2D eigenvalue weighted by Gasteiger charge is -2.22. The van der Waals surface area contributed by atoms with Crippen LogP contribution in [0.3, 0.4) is 0 Å². The number of hydrogen-bond acceptors (Lipinski definition) is 4. The van der Waals surface area contributed by atoms with Crippen molar-refractivity contribution in [1.29, 1.82) is 0 Å². The van der Waals surface area contributed by atoms with Crippen LogP contribution in [-0.2, 0) is 0 Å². The second kappa shape index (κ2) is 7.94. The molecular weight excluding hydrogens is 315 g/mol. The van der Waals surface area contributed by atoms with Gasteiger partial charge in [-0.05, 0) is 19.1 Å². The van der Waals surface area contributed by atoms with Crippen LogP contribution in [0.25, 0.3) is 0 Å². The van der Waals surface area contributed by atoms with Crippen molar-refractivity contribution in [2.45, 2.75) is 19.5 Å². The smallest absolute Gasteiger partial charge is 0.390 e. The summed E-state index contributed by atoms with van der Waals surface area (Å²) >= 11 is 0. The first-order valence-corrected chi connectivity index (χ1v) is 6.93. The van der Waals surface area contributed by atoms with E-state index in [1.54, 1.807) is 6.92 Å². The largest absolute Gasteiger partial charge is 0.493 e. The Balaban J connectivity index is 3.10. The second-order valence-electron chi connectivity index (χ2n) is 4.66. The van der Waals surface area contributed by atoms with E-state index in [4.69, 9.17) is 14.2 Å². The zero-order valence-corrected chi connectivity index (χ0v) is 13.5. The van der Waals surface area contributed by atoms with Gasteiger partial charge in [-0.3, -0.25) is 4.79 Å². The number of hydrogen-bond donors (Lipinski definition) is 0. The van der Waals surface area contributed by atoms with Gasteiger partial charge in [0, 0.05) is 18.7 Å². The van der Waals surface area contributed by atoms with Crippen molar-refractivity contribution in [3.63, 3.8) is 0 Å². The first-order valence-electron chi connectivity index (χ1n) is 6.93. The highest BCUT2D eigenvalue weighted by atomic mass is 19.4. The van der Waals surface area contributed by atoms with Crippen molar-refractivity contribution in [1.82, 2.24) is 4.90 Å². The third-order valence-corrected chi connectivity index (χ3v) is 3.25. The van der Waals surface area contributed by atoms with E-state index < -0.39 is 25.0 Å². The molecule has 0 aliphatic carbocycles. The van der Waals surface area contributed by atoms with E-state index in [1.807, 2.05) is 0 Å². The second-order valence-corrected chi connectivity index (χ2v) is 4.66. The molecule has 0 bridgehead atoms. The van der Waals surface area contributed by atoms with E-state index in [2.05, 4.69) is 0 Å². The Hall–Kier alpha value is -2.12. The summed E-state index contributed by atoms with van der Waals surface area (Å²) in [5.74, 6) is 0.310. The van der Waals surface area contributed by atoms with Gasteiger partial charge in [-0.2, -0.15) is 13.2 Å². The topological polar surface area (TPSA) is 48.0 Å². The first kappa shape index (κ1) is 18.9.